The number of hydrazine groups is 1. The van der Waals surface area contributed by atoms with E-state index in [1.807, 2.05) is 18.2 Å². The Morgan fingerprint density at radius 3 is 2.21 bits per heavy atom. The maximum Gasteiger partial charge on any atom is 0.290 e. The van der Waals surface area contributed by atoms with E-state index in [9.17, 15) is 4.79 Å². The van der Waals surface area contributed by atoms with Gasteiger partial charge in [0.25, 0.3) is 12.4 Å². The van der Waals surface area contributed by atoms with Crippen molar-refractivity contribution in [2.24, 2.45) is 0 Å². The van der Waals surface area contributed by atoms with Crippen LogP contribution in [-0.4, -0.2) is 60.5 Å². The Kier molecular flexibility index (Phi) is 8.91. The molecule has 0 aromatic heterocycles. The molecule has 9 heteroatoms. The predicted octanol–water partition coefficient (Wildman–Crippen LogP) is 4.28. The summed E-state index contributed by atoms with van der Waals surface area (Å²) in [5.41, 5.74) is 7.41. The van der Waals surface area contributed by atoms with Crippen molar-refractivity contribution in [3.8, 4) is 0 Å². The number of nitrogens with zero attached hydrogens (tertiary/aromatic N) is 2. The first-order valence-electron chi connectivity index (χ1n) is 10.4. The smallest absolute Gasteiger partial charge is 0.290 e. The molecule has 1 atom stereocenters. The second kappa shape index (κ2) is 11.9. The van der Waals surface area contributed by atoms with Crippen molar-refractivity contribution >= 4 is 52.0 Å². The first-order valence-corrected chi connectivity index (χ1v) is 11.2. The molecular weight excluding hydrogens is 463 g/mol. The molecule has 0 aliphatic carbocycles. The van der Waals surface area contributed by atoms with Crippen LogP contribution in [0.3, 0.4) is 0 Å². The fourth-order valence-electron chi connectivity index (χ4n) is 3.81. The van der Waals surface area contributed by atoms with Gasteiger partial charge in [-0.25, -0.2) is 0 Å². The van der Waals surface area contributed by atoms with Crippen LogP contribution in [0.5, 0.6) is 0 Å². The minimum absolute atomic E-state index is 0.120. The quantitative estimate of drug-likeness (QED) is 0.367. The predicted molar refractivity (Wildman–Crippen MR) is 133 cm³/mol. The van der Waals surface area contributed by atoms with Crippen molar-refractivity contribution in [2.75, 3.05) is 38.7 Å². The first kappa shape index (κ1) is 24.8. The molecule has 0 bridgehead atoms. The zero-order chi connectivity index (χ0) is 23.8. The van der Waals surface area contributed by atoms with Gasteiger partial charge in [-0.3, -0.25) is 25.3 Å². The number of likely N-dealkylation sites (N-methyl/N-ethyl adjacent to an activating group) is 1. The van der Waals surface area contributed by atoms with Gasteiger partial charge in [0.1, 0.15) is 6.04 Å². The van der Waals surface area contributed by atoms with Crippen LogP contribution >= 0.6 is 23.2 Å². The van der Waals surface area contributed by atoms with Crippen LogP contribution in [0.4, 0.5) is 5.69 Å². The van der Waals surface area contributed by atoms with Gasteiger partial charge in [0.2, 0.25) is 0 Å². The summed E-state index contributed by atoms with van der Waals surface area (Å²) in [6.45, 7) is 3.25. The molecule has 1 unspecified atom stereocenters. The number of hydrogen-bond donors (Lipinski definition) is 3. The van der Waals surface area contributed by atoms with Gasteiger partial charge >= 0.3 is 0 Å². The third-order valence-electron chi connectivity index (χ3n) is 5.43. The highest BCUT2D eigenvalue weighted by molar-refractivity contribution is 6.35. The zero-order valence-corrected chi connectivity index (χ0v) is 19.7. The Balaban J connectivity index is 0.000000968. The van der Waals surface area contributed by atoms with Crippen molar-refractivity contribution in [1.29, 1.82) is 0 Å². The highest BCUT2D eigenvalue weighted by atomic mass is 35.5. The second-order valence-electron chi connectivity index (χ2n) is 7.73. The van der Waals surface area contributed by atoms with Crippen LogP contribution in [0.1, 0.15) is 11.6 Å². The molecule has 33 heavy (non-hydrogen) atoms. The lowest BCUT2D eigenvalue weighted by Crippen LogP contribution is -2.50. The first-order chi connectivity index (χ1) is 15.9. The number of halogens is 2. The molecule has 7 nitrogen and oxygen atoms in total. The minimum atomic E-state index is -0.398. The summed E-state index contributed by atoms with van der Waals surface area (Å²) >= 11 is 12.1. The van der Waals surface area contributed by atoms with Gasteiger partial charge in [-0.05, 0) is 47.6 Å². The molecule has 1 amide bonds. The molecule has 1 aliphatic rings. The molecule has 1 heterocycles. The molecule has 174 valence electrons. The fraction of sp³-hybridized carbons (Fsp3) is 0.250. The van der Waals surface area contributed by atoms with Crippen molar-refractivity contribution in [1.82, 2.24) is 15.2 Å². The monoisotopic (exact) mass is 488 g/mol. The third-order valence-corrected chi connectivity index (χ3v) is 5.87. The number of amides is 1. The average molecular weight is 489 g/mol. The van der Waals surface area contributed by atoms with E-state index in [-0.39, 0.29) is 12.4 Å². The van der Waals surface area contributed by atoms with Crippen molar-refractivity contribution in [3.63, 3.8) is 0 Å². The molecule has 0 spiro atoms. The summed E-state index contributed by atoms with van der Waals surface area (Å²) < 4.78 is 0. The Bertz CT molecular complexity index is 1080. The Morgan fingerprint density at radius 1 is 0.970 bits per heavy atom. The minimum Gasteiger partial charge on any atom is -0.483 e. The zero-order valence-electron chi connectivity index (χ0n) is 18.2. The van der Waals surface area contributed by atoms with E-state index >= 15 is 0 Å². The number of hydrogen-bond acceptors (Lipinski definition) is 5. The maximum atomic E-state index is 13.3. The molecule has 0 saturated carbocycles. The summed E-state index contributed by atoms with van der Waals surface area (Å²) in [6.07, 6.45) is 0. The molecule has 3 aromatic rings. The van der Waals surface area contributed by atoms with E-state index in [0.717, 1.165) is 42.5 Å². The van der Waals surface area contributed by atoms with E-state index in [0.29, 0.717) is 15.7 Å². The standard InChI is InChI=1S/C23H24Cl2N4O.CH2O2/c1-28-8-10-29(11-9-28)22(18-7-6-16-4-2-3-5-17(16)12-18)23(30)27-26-21-14-19(24)13-20(25)15-21;2-1-3/h2-7,12-15,22,26H,8-11H2,1H3,(H,27,30);1H,(H,2,3). The second-order valence-corrected chi connectivity index (χ2v) is 8.60. The van der Waals surface area contributed by atoms with Crippen LogP contribution < -0.4 is 10.9 Å². The lowest BCUT2D eigenvalue weighted by atomic mass is 9.99. The van der Waals surface area contributed by atoms with Gasteiger partial charge in [0, 0.05) is 36.2 Å². The summed E-state index contributed by atoms with van der Waals surface area (Å²) in [7, 11) is 2.10. The molecule has 0 radical (unpaired) electrons. The highest BCUT2D eigenvalue weighted by Crippen LogP contribution is 2.27. The number of carbonyl (C=O) groups is 2. The molecule has 1 saturated heterocycles. The molecule has 3 aromatic carbocycles. The Labute approximate surface area is 202 Å². The number of nitrogens with one attached hydrogen (secondary N) is 2. The van der Waals surface area contributed by atoms with Crippen LogP contribution in [0.2, 0.25) is 10.0 Å². The van der Waals surface area contributed by atoms with Crippen LogP contribution in [0.25, 0.3) is 10.8 Å². The van der Waals surface area contributed by atoms with Gasteiger partial charge in [-0.1, -0.05) is 59.6 Å². The lowest BCUT2D eigenvalue weighted by molar-refractivity contribution is -0.127. The van der Waals surface area contributed by atoms with E-state index in [2.05, 4.69) is 52.0 Å². The largest absolute Gasteiger partial charge is 0.483 e. The van der Waals surface area contributed by atoms with Gasteiger partial charge in [-0.15, -0.1) is 0 Å². The lowest BCUT2D eigenvalue weighted by Gasteiger charge is -2.37. The van der Waals surface area contributed by atoms with Gasteiger partial charge in [-0.2, -0.15) is 0 Å². The normalized spacial score (nSPS) is 15.2. The summed E-state index contributed by atoms with van der Waals surface area (Å²) in [5.74, 6) is -0.120. The van der Waals surface area contributed by atoms with E-state index in [1.54, 1.807) is 18.2 Å². The van der Waals surface area contributed by atoms with Crippen LogP contribution in [-0.2, 0) is 9.59 Å². The van der Waals surface area contributed by atoms with Gasteiger partial charge in [0.15, 0.2) is 0 Å². The average Bonchev–Trinajstić information content (AvgIpc) is 2.79. The van der Waals surface area contributed by atoms with Gasteiger partial charge in [0.05, 0.1) is 5.69 Å². The number of carboxylic acid groups (broad SMARTS) is 1. The Hall–Kier alpha value is -2.84. The van der Waals surface area contributed by atoms with Crippen molar-refractivity contribution in [3.05, 3.63) is 76.3 Å². The van der Waals surface area contributed by atoms with Crippen LogP contribution in [0.15, 0.2) is 60.7 Å². The fourth-order valence-corrected chi connectivity index (χ4v) is 4.34. The van der Waals surface area contributed by atoms with Crippen molar-refractivity contribution in [2.45, 2.75) is 6.04 Å². The van der Waals surface area contributed by atoms with E-state index < -0.39 is 6.04 Å². The third kappa shape index (κ3) is 6.82. The number of anilines is 1. The topological polar surface area (TPSA) is 84.9 Å². The number of benzene rings is 3. The Morgan fingerprint density at radius 2 is 1.58 bits per heavy atom. The van der Waals surface area contributed by atoms with Gasteiger partial charge < -0.3 is 10.0 Å². The molecule has 4 rings (SSSR count). The molecule has 1 aliphatic heterocycles. The van der Waals surface area contributed by atoms with E-state index in [4.69, 9.17) is 33.1 Å². The summed E-state index contributed by atoms with van der Waals surface area (Å²) in [4.78, 5) is 26.2. The number of carbonyl (C=O) groups excluding carboxylic acids is 1. The summed E-state index contributed by atoms with van der Waals surface area (Å²) in [6, 6.07) is 19.1. The molecule has 3 N–H and O–H groups in total. The number of piperazine rings is 1. The summed E-state index contributed by atoms with van der Waals surface area (Å²) in [5, 5.41) is 10.2. The SMILES string of the molecule is CN1CCN(C(C(=O)NNc2cc(Cl)cc(Cl)c2)c2ccc3ccccc3c2)CC1.O=CO. The number of rotatable bonds is 5. The van der Waals surface area contributed by atoms with E-state index in [1.165, 1.54) is 0 Å². The van der Waals surface area contributed by atoms with Crippen molar-refractivity contribution < 1.29 is 14.7 Å². The maximum absolute atomic E-state index is 13.3. The molecule has 1 fully saturated rings. The van der Waals surface area contributed by atoms with Crippen LogP contribution in [0, 0.1) is 0 Å². The number of fused-ring (bicyclic) bond motifs is 1. The highest BCUT2D eigenvalue weighted by Gasteiger charge is 2.30. The molecular formula is C24H26Cl2N4O3.